The predicted octanol–water partition coefficient (Wildman–Crippen LogP) is 5.71. The maximum Gasteiger partial charge on any atom is 0.460 e. The van der Waals surface area contributed by atoms with Gasteiger partial charge in [-0.1, -0.05) is 0 Å². The summed E-state index contributed by atoms with van der Waals surface area (Å²) in [4.78, 5) is 11.5. The molecular formula is C18H16F13NO4. The van der Waals surface area contributed by atoms with Gasteiger partial charge in [-0.15, -0.1) is 0 Å². The van der Waals surface area contributed by atoms with Gasteiger partial charge in [0.1, 0.15) is 13.2 Å². The number of esters is 1. The van der Waals surface area contributed by atoms with Crippen molar-refractivity contribution >= 4 is 5.97 Å². The molecule has 1 aliphatic rings. The quantitative estimate of drug-likeness (QED) is 0.199. The lowest BCUT2D eigenvalue weighted by molar-refractivity contribution is -0.440. The fraction of sp³-hybridized carbons (Fsp3) is 0.722. The number of alkyl halides is 13. The molecule has 18 heteroatoms. The molecule has 0 atom stereocenters. The van der Waals surface area contributed by atoms with Crippen LogP contribution in [0.1, 0.15) is 19.3 Å². The van der Waals surface area contributed by atoms with Gasteiger partial charge in [0, 0.05) is 13.0 Å². The van der Waals surface area contributed by atoms with Crippen molar-refractivity contribution in [3.05, 3.63) is 12.4 Å². The van der Waals surface area contributed by atoms with Gasteiger partial charge in [-0.05, 0) is 6.42 Å². The second-order valence-electron chi connectivity index (χ2n) is 7.50. The third kappa shape index (κ3) is 5.26. The molecule has 0 spiro atoms. The van der Waals surface area contributed by atoms with Crippen LogP contribution in [-0.4, -0.2) is 66.1 Å². The Kier molecular flexibility index (Phi) is 8.01. The smallest absolute Gasteiger partial charge is 0.460 e. The monoisotopic (exact) mass is 557 g/mol. The summed E-state index contributed by atoms with van der Waals surface area (Å²) in [5.41, 5.74) is 0. The number of carbonyl (C=O) groups is 1. The molecule has 2 rings (SSSR count). The van der Waals surface area contributed by atoms with E-state index in [2.05, 4.69) is 4.74 Å². The number of nitrogens with zero attached hydrogens (tertiary/aromatic N) is 1. The fourth-order valence-corrected chi connectivity index (χ4v) is 2.84. The Balaban J connectivity index is 1.94. The van der Waals surface area contributed by atoms with Crippen molar-refractivity contribution in [1.29, 1.82) is 0 Å². The number of halogens is 13. The molecule has 0 radical (unpaired) electrons. The first kappa shape index (κ1) is 29.7. The summed E-state index contributed by atoms with van der Waals surface area (Å²) in [5, 5.41) is 0. The first-order valence-corrected chi connectivity index (χ1v) is 9.76. The molecule has 0 amide bonds. The fourth-order valence-electron chi connectivity index (χ4n) is 2.84. The SMILES string of the molecule is O=C(CCC(F)(F)C(F)(F)C(F)(F)C(F)(F)C(F)(F)C(F)(F)F)OCCCn1cc2c(c1)OCCO2. The Morgan fingerprint density at radius 2 is 1.25 bits per heavy atom. The zero-order valence-electron chi connectivity index (χ0n) is 17.6. The van der Waals surface area contributed by atoms with Gasteiger partial charge in [0.05, 0.1) is 25.4 Å². The van der Waals surface area contributed by atoms with E-state index >= 15 is 0 Å². The summed E-state index contributed by atoms with van der Waals surface area (Å²) < 4.78 is 186. The van der Waals surface area contributed by atoms with Crippen LogP contribution in [0.2, 0.25) is 0 Å². The number of fused-ring (bicyclic) bond motifs is 1. The number of hydrogen-bond donors (Lipinski definition) is 0. The molecule has 0 fully saturated rings. The second kappa shape index (κ2) is 9.72. The molecule has 0 bridgehead atoms. The van der Waals surface area contributed by atoms with Crippen molar-refractivity contribution in [3.63, 3.8) is 0 Å². The summed E-state index contributed by atoms with van der Waals surface area (Å²) >= 11 is 0. The lowest BCUT2D eigenvalue weighted by Gasteiger charge is -2.39. The van der Waals surface area contributed by atoms with Crippen molar-refractivity contribution in [2.45, 2.75) is 61.6 Å². The molecule has 1 aliphatic heterocycles. The largest absolute Gasteiger partial charge is 0.485 e. The highest BCUT2D eigenvalue weighted by Crippen LogP contribution is 2.60. The Hall–Kier alpha value is -2.56. The average Bonchev–Trinajstić information content (AvgIpc) is 3.17. The third-order valence-corrected chi connectivity index (χ3v) is 4.87. The van der Waals surface area contributed by atoms with E-state index in [9.17, 15) is 61.9 Å². The molecule has 0 saturated carbocycles. The molecule has 0 saturated heterocycles. The van der Waals surface area contributed by atoms with Crippen LogP contribution >= 0.6 is 0 Å². The van der Waals surface area contributed by atoms with E-state index in [0.29, 0.717) is 24.7 Å². The van der Waals surface area contributed by atoms with Crippen LogP contribution < -0.4 is 9.47 Å². The normalized spacial score (nSPS) is 15.7. The van der Waals surface area contributed by atoms with Gasteiger partial charge in [0.15, 0.2) is 11.5 Å². The first-order chi connectivity index (χ1) is 16.2. The summed E-state index contributed by atoms with van der Waals surface area (Å²) in [6.07, 6.45) is -8.84. The van der Waals surface area contributed by atoms with Gasteiger partial charge in [0.25, 0.3) is 0 Å². The Bertz CT molecular complexity index is 903. The zero-order chi connectivity index (χ0) is 27.8. The minimum atomic E-state index is -7.97. The molecule has 1 aromatic rings. The van der Waals surface area contributed by atoms with Gasteiger partial charge in [-0.25, -0.2) is 0 Å². The van der Waals surface area contributed by atoms with Crippen molar-refractivity contribution in [1.82, 2.24) is 4.57 Å². The number of aryl methyl sites for hydroxylation is 1. The van der Waals surface area contributed by atoms with E-state index in [1.807, 2.05) is 0 Å². The highest BCUT2D eigenvalue weighted by Gasteiger charge is 2.90. The topological polar surface area (TPSA) is 49.7 Å². The molecular weight excluding hydrogens is 541 g/mol. The van der Waals surface area contributed by atoms with E-state index in [1.165, 1.54) is 17.0 Å². The Morgan fingerprint density at radius 3 is 1.72 bits per heavy atom. The van der Waals surface area contributed by atoms with Crippen LogP contribution in [0.4, 0.5) is 57.1 Å². The lowest BCUT2D eigenvalue weighted by atomic mass is 9.92. The van der Waals surface area contributed by atoms with Gasteiger partial charge in [0.2, 0.25) is 0 Å². The molecule has 0 N–H and O–H groups in total. The Morgan fingerprint density at radius 1 is 0.778 bits per heavy atom. The number of ether oxygens (including phenoxy) is 3. The van der Waals surface area contributed by atoms with Crippen LogP contribution in [0, 0.1) is 0 Å². The van der Waals surface area contributed by atoms with Crippen molar-refractivity contribution in [3.8, 4) is 11.5 Å². The van der Waals surface area contributed by atoms with Crippen LogP contribution in [0.5, 0.6) is 11.5 Å². The number of rotatable bonds is 11. The van der Waals surface area contributed by atoms with E-state index in [-0.39, 0.29) is 13.0 Å². The van der Waals surface area contributed by atoms with Crippen molar-refractivity contribution < 1.29 is 76.1 Å². The number of carbonyl (C=O) groups excluding carboxylic acids is 1. The summed E-state index contributed by atoms with van der Waals surface area (Å²) in [7, 11) is 0. The molecule has 36 heavy (non-hydrogen) atoms. The summed E-state index contributed by atoms with van der Waals surface area (Å²) in [6.45, 7) is 0.243. The van der Waals surface area contributed by atoms with E-state index < -0.39 is 61.2 Å². The minimum absolute atomic E-state index is 0.0165. The first-order valence-electron chi connectivity index (χ1n) is 9.76. The minimum Gasteiger partial charge on any atom is -0.485 e. The second-order valence-corrected chi connectivity index (χ2v) is 7.50. The van der Waals surface area contributed by atoms with Crippen LogP contribution in [0.25, 0.3) is 0 Å². The average molecular weight is 557 g/mol. The molecule has 2 heterocycles. The molecule has 5 nitrogen and oxygen atoms in total. The third-order valence-electron chi connectivity index (χ3n) is 4.87. The molecule has 0 aliphatic carbocycles. The number of hydrogen-bond acceptors (Lipinski definition) is 4. The molecule has 208 valence electrons. The molecule has 0 unspecified atom stereocenters. The zero-order valence-corrected chi connectivity index (χ0v) is 17.6. The molecule has 0 aromatic carbocycles. The van der Waals surface area contributed by atoms with Crippen LogP contribution in [0.3, 0.4) is 0 Å². The summed E-state index contributed by atoms with van der Waals surface area (Å²) in [5.74, 6) is -38.2. The highest BCUT2D eigenvalue weighted by atomic mass is 19.4. The number of aromatic nitrogens is 1. The van der Waals surface area contributed by atoms with Crippen LogP contribution in [-0.2, 0) is 16.1 Å². The Labute approximate surface area is 193 Å². The van der Waals surface area contributed by atoms with Gasteiger partial charge in [-0.2, -0.15) is 57.1 Å². The van der Waals surface area contributed by atoms with E-state index in [1.54, 1.807) is 0 Å². The van der Waals surface area contributed by atoms with E-state index in [0.717, 1.165) is 0 Å². The maximum absolute atomic E-state index is 13.7. The van der Waals surface area contributed by atoms with Gasteiger partial charge in [-0.3, -0.25) is 4.79 Å². The maximum atomic E-state index is 13.7. The van der Waals surface area contributed by atoms with Gasteiger partial charge >= 0.3 is 41.8 Å². The standard InChI is InChI=1S/C18H16F13NO4/c19-13(20,14(21,22)15(23,24)16(25,26)17(27,28)18(29,30)31)3-2-12(33)36-5-1-4-32-8-10-11(9-32)35-7-6-34-10/h8-9H,1-7H2. The van der Waals surface area contributed by atoms with Crippen molar-refractivity contribution in [2.75, 3.05) is 19.8 Å². The summed E-state index contributed by atoms with van der Waals surface area (Å²) in [6, 6.07) is 0. The van der Waals surface area contributed by atoms with Gasteiger partial charge < -0.3 is 18.8 Å². The van der Waals surface area contributed by atoms with E-state index in [4.69, 9.17) is 9.47 Å². The lowest BCUT2D eigenvalue weighted by Crippen LogP contribution is -2.70. The van der Waals surface area contributed by atoms with Crippen LogP contribution in [0.15, 0.2) is 12.4 Å². The molecule has 1 aromatic heterocycles. The predicted molar refractivity (Wildman–Crippen MR) is 91.0 cm³/mol. The van der Waals surface area contributed by atoms with Crippen molar-refractivity contribution in [2.24, 2.45) is 0 Å². The highest BCUT2D eigenvalue weighted by molar-refractivity contribution is 5.69.